The second-order valence-corrected chi connectivity index (χ2v) is 7.39. The van der Waals surface area contributed by atoms with E-state index in [4.69, 9.17) is 4.52 Å². The van der Waals surface area contributed by atoms with Gasteiger partial charge in [-0.15, -0.1) is 0 Å². The third kappa shape index (κ3) is 3.49. The van der Waals surface area contributed by atoms with Gasteiger partial charge in [-0.05, 0) is 30.9 Å². The van der Waals surface area contributed by atoms with Crippen molar-refractivity contribution in [2.75, 3.05) is 19.7 Å². The Morgan fingerprint density at radius 2 is 2.00 bits per heavy atom. The van der Waals surface area contributed by atoms with Crippen LogP contribution in [-0.4, -0.2) is 50.7 Å². The molecule has 2 atom stereocenters. The van der Waals surface area contributed by atoms with Gasteiger partial charge in [0.25, 0.3) is 0 Å². The highest BCUT2D eigenvalue weighted by molar-refractivity contribution is 5.77. The summed E-state index contributed by atoms with van der Waals surface area (Å²) in [5, 5.41) is 13.8. The summed E-state index contributed by atoms with van der Waals surface area (Å²) in [5.74, 6) is 1.54. The third-order valence-corrected chi connectivity index (χ3v) is 5.66. The molecule has 2 aliphatic rings. The molecule has 1 N–H and O–H groups in total. The lowest BCUT2D eigenvalue weighted by molar-refractivity contribution is -0.131. The summed E-state index contributed by atoms with van der Waals surface area (Å²) in [6, 6.07) is 3.65. The number of likely N-dealkylation sites (tertiary alicyclic amines) is 1. The minimum atomic E-state index is -0.115. The first-order valence-corrected chi connectivity index (χ1v) is 9.37. The number of hydrogen-bond donors (Lipinski definition) is 1. The van der Waals surface area contributed by atoms with Crippen molar-refractivity contribution in [3.05, 3.63) is 30.4 Å². The molecule has 2 aromatic heterocycles. The molecule has 0 radical (unpaired) electrons. The van der Waals surface area contributed by atoms with Crippen molar-refractivity contribution in [3.63, 3.8) is 0 Å². The van der Waals surface area contributed by atoms with E-state index in [-0.39, 0.29) is 24.3 Å². The van der Waals surface area contributed by atoms with E-state index in [1.165, 1.54) is 12.8 Å². The zero-order valence-electron chi connectivity index (χ0n) is 14.8. The van der Waals surface area contributed by atoms with Gasteiger partial charge in [0.05, 0.1) is 5.92 Å². The Morgan fingerprint density at radius 1 is 1.23 bits per heavy atom. The van der Waals surface area contributed by atoms with Gasteiger partial charge < -0.3 is 14.5 Å². The molecule has 1 saturated heterocycles. The van der Waals surface area contributed by atoms with Crippen LogP contribution >= 0.6 is 0 Å². The van der Waals surface area contributed by atoms with Gasteiger partial charge in [-0.1, -0.05) is 18.0 Å². The highest BCUT2D eigenvalue weighted by atomic mass is 16.5. The predicted octanol–water partition coefficient (Wildman–Crippen LogP) is 2.25. The summed E-state index contributed by atoms with van der Waals surface area (Å²) < 4.78 is 5.47. The van der Waals surface area contributed by atoms with Crippen LogP contribution in [0.25, 0.3) is 11.4 Å². The van der Waals surface area contributed by atoms with Gasteiger partial charge in [0, 0.05) is 50.0 Å². The molecule has 1 amide bonds. The number of nitrogens with zero attached hydrogens (tertiary/aromatic N) is 4. The molecule has 2 fully saturated rings. The van der Waals surface area contributed by atoms with Crippen LogP contribution in [0.1, 0.15) is 43.9 Å². The van der Waals surface area contributed by atoms with Gasteiger partial charge in [0.15, 0.2) is 0 Å². The molecule has 1 saturated carbocycles. The van der Waals surface area contributed by atoms with Crippen LogP contribution in [0.15, 0.2) is 29.0 Å². The molecule has 1 aliphatic heterocycles. The van der Waals surface area contributed by atoms with Crippen molar-refractivity contribution in [3.8, 4) is 11.4 Å². The fraction of sp³-hybridized carbons (Fsp3) is 0.579. The summed E-state index contributed by atoms with van der Waals surface area (Å²) >= 11 is 0. The molecule has 26 heavy (non-hydrogen) atoms. The lowest BCUT2D eigenvalue weighted by atomic mass is 9.97. The highest BCUT2D eigenvalue weighted by Gasteiger charge is 2.39. The maximum Gasteiger partial charge on any atom is 0.232 e. The fourth-order valence-electron chi connectivity index (χ4n) is 4.13. The molecule has 1 aliphatic carbocycles. The van der Waals surface area contributed by atoms with E-state index in [0.717, 1.165) is 18.4 Å². The van der Waals surface area contributed by atoms with Crippen molar-refractivity contribution in [2.24, 2.45) is 11.8 Å². The molecule has 7 nitrogen and oxygen atoms in total. The average molecular weight is 356 g/mol. The predicted molar refractivity (Wildman–Crippen MR) is 94.0 cm³/mol. The van der Waals surface area contributed by atoms with Gasteiger partial charge in [-0.3, -0.25) is 9.78 Å². The summed E-state index contributed by atoms with van der Waals surface area (Å²) in [6.45, 7) is 1.10. The van der Waals surface area contributed by atoms with Crippen LogP contribution in [-0.2, 0) is 4.79 Å². The van der Waals surface area contributed by atoms with Crippen LogP contribution < -0.4 is 0 Å². The Morgan fingerprint density at radius 3 is 2.73 bits per heavy atom. The number of aromatic nitrogens is 3. The molecule has 138 valence electrons. The highest BCUT2D eigenvalue weighted by Crippen LogP contribution is 2.34. The Bertz CT molecular complexity index is 742. The Hall–Kier alpha value is -2.28. The first kappa shape index (κ1) is 17.1. The zero-order chi connectivity index (χ0) is 17.9. The topological polar surface area (TPSA) is 92.4 Å². The van der Waals surface area contributed by atoms with Crippen LogP contribution in [0.4, 0.5) is 0 Å². The van der Waals surface area contributed by atoms with Gasteiger partial charge >= 0.3 is 0 Å². The average Bonchev–Trinajstić information content (AvgIpc) is 3.42. The van der Waals surface area contributed by atoms with E-state index >= 15 is 0 Å². The number of aliphatic hydroxyl groups excluding tert-OH is 1. The molecular weight excluding hydrogens is 332 g/mol. The first-order chi connectivity index (χ1) is 12.7. The van der Waals surface area contributed by atoms with Crippen molar-refractivity contribution in [2.45, 2.75) is 38.0 Å². The van der Waals surface area contributed by atoms with Crippen LogP contribution in [0.5, 0.6) is 0 Å². The van der Waals surface area contributed by atoms with Crippen molar-refractivity contribution in [1.82, 2.24) is 20.0 Å². The van der Waals surface area contributed by atoms with Gasteiger partial charge in [0.2, 0.25) is 17.6 Å². The number of pyridine rings is 1. The van der Waals surface area contributed by atoms with E-state index < -0.39 is 0 Å². The Kier molecular flexibility index (Phi) is 4.97. The normalized spacial score (nSPS) is 23.7. The van der Waals surface area contributed by atoms with E-state index in [1.807, 2.05) is 17.0 Å². The maximum atomic E-state index is 12.6. The first-order valence-electron chi connectivity index (χ1n) is 9.37. The summed E-state index contributed by atoms with van der Waals surface area (Å²) in [4.78, 5) is 23.0. The maximum absolute atomic E-state index is 12.6. The quantitative estimate of drug-likeness (QED) is 0.883. The van der Waals surface area contributed by atoms with Crippen LogP contribution in [0, 0.1) is 11.8 Å². The lowest BCUT2D eigenvalue weighted by Crippen LogP contribution is -2.30. The molecule has 2 aromatic rings. The smallest absolute Gasteiger partial charge is 0.232 e. The van der Waals surface area contributed by atoms with Crippen molar-refractivity contribution < 1.29 is 14.4 Å². The number of aliphatic hydroxyl groups is 1. The zero-order valence-corrected chi connectivity index (χ0v) is 14.8. The van der Waals surface area contributed by atoms with E-state index in [0.29, 0.717) is 37.1 Å². The molecule has 0 spiro atoms. The summed E-state index contributed by atoms with van der Waals surface area (Å²) in [6.07, 6.45) is 8.77. The molecule has 0 bridgehead atoms. The molecule has 3 heterocycles. The molecule has 4 rings (SSSR count). The number of rotatable bonds is 5. The largest absolute Gasteiger partial charge is 0.396 e. The Labute approximate surface area is 152 Å². The van der Waals surface area contributed by atoms with E-state index in [9.17, 15) is 9.90 Å². The van der Waals surface area contributed by atoms with Crippen LogP contribution in [0.2, 0.25) is 0 Å². The van der Waals surface area contributed by atoms with Gasteiger partial charge in [-0.2, -0.15) is 4.98 Å². The summed E-state index contributed by atoms with van der Waals surface area (Å²) in [5.41, 5.74) is 0.836. The lowest BCUT2D eigenvalue weighted by Gasteiger charge is -2.18. The number of hydrogen-bond acceptors (Lipinski definition) is 6. The number of amides is 1. The standard InChI is InChI=1S/C19H24N4O3/c24-12-15-10-23(17(25)9-13-3-1-2-4-13)11-16(15)19-21-18(22-26-19)14-5-7-20-8-6-14/h5-8,13,15-16,24H,1-4,9-12H2/t15-,16+/m0/s1. The summed E-state index contributed by atoms with van der Waals surface area (Å²) in [7, 11) is 0. The van der Waals surface area contributed by atoms with Gasteiger partial charge in [0.1, 0.15) is 0 Å². The van der Waals surface area contributed by atoms with E-state index in [2.05, 4.69) is 15.1 Å². The third-order valence-electron chi connectivity index (χ3n) is 5.66. The Balaban J connectivity index is 1.46. The SMILES string of the molecule is O=C(CC1CCCC1)N1C[C@@H](CO)[C@H](c2nc(-c3ccncc3)no2)C1. The second kappa shape index (κ2) is 7.53. The fourth-order valence-corrected chi connectivity index (χ4v) is 4.13. The molecule has 0 unspecified atom stereocenters. The van der Waals surface area contributed by atoms with Crippen LogP contribution in [0.3, 0.4) is 0 Å². The number of carbonyl (C=O) groups is 1. The second-order valence-electron chi connectivity index (χ2n) is 7.39. The number of carbonyl (C=O) groups excluding carboxylic acids is 1. The minimum absolute atomic E-state index is 0.00481. The monoisotopic (exact) mass is 356 g/mol. The molecule has 0 aromatic carbocycles. The molecular formula is C19H24N4O3. The van der Waals surface area contributed by atoms with E-state index in [1.54, 1.807) is 12.4 Å². The van der Waals surface area contributed by atoms with Crippen molar-refractivity contribution >= 4 is 5.91 Å². The van der Waals surface area contributed by atoms with Crippen molar-refractivity contribution in [1.29, 1.82) is 0 Å². The minimum Gasteiger partial charge on any atom is -0.396 e. The molecule has 7 heteroatoms. The van der Waals surface area contributed by atoms with Gasteiger partial charge in [-0.25, -0.2) is 0 Å².